The zero-order chi connectivity index (χ0) is 17.5. The van der Waals surface area contributed by atoms with Crippen LogP contribution in [-0.4, -0.2) is 33.4 Å². The Labute approximate surface area is 161 Å². The minimum Gasteiger partial charge on any atom is -0.444 e. The van der Waals surface area contributed by atoms with Gasteiger partial charge in [0.25, 0.3) is 0 Å². The van der Waals surface area contributed by atoms with Crippen molar-refractivity contribution in [1.82, 2.24) is 20.5 Å². The van der Waals surface area contributed by atoms with Crippen molar-refractivity contribution in [2.24, 2.45) is 0 Å². The fourth-order valence-electron chi connectivity index (χ4n) is 1.78. The molecule has 3 aromatic rings. The monoisotopic (exact) mass is 412 g/mol. The summed E-state index contributed by atoms with van der Waals surface area (Å²) in [7, 11) is 0. The number of carbonyl (C=O) groups is 1. The molecule has 3 heterocycles. The van der Waals surface area contributed by atoms with Crippen LogP contribution in [0.2, 0.25) is 0 Å². The van der Waals surface area contributed by atoms with Crippen molar-refractivity contribution in [2.45, 2.75) is 27.8 Å². The van der Waals surface area contributed by atoms with Crippen LogP contribution < -0.4 is 5.32 Å². The third kappa shape index (κ3) is 5.56. The van der Waals surface area contributed by atoms with E-state index in [2.05, 4.69) is 20.5 Å². The molecule has 0 radical (unpaired) electrons. The average Bonchev–Trinajstić information content (AvgIpc) is 3.37. The number of aromatic nitrogens is 3. The predicted octanol–water partition coefficient (Wildman–Crippen LogP) is 4.17. The summed E-state index contributed by atoms with van der Waals surface area (Å²) in [5.74, 6) is 1.72. The lowest BCUT2D eigenvalue weighted by Gasteiger charge is -2.00. The second-order valence-electron chi connectivity index (χ2n) is 4.88. The van der Waals surface area contributed by atoms with Gasteiger partial charge < -0.3 is 9.73 Å². The molecule has 0 aromatic carbocycles. The van der Waals surface area contributed by atoms with Crippen LogP contribution in [0.4, 0.5) is 0 Å². The first kappa shape index (κ1) is 18.4. The molecule has 0 aliphatic rings. The number of thioether (sulfide) groups is 2. The molecule has 0 atom stereocenters. The van der Waals surface area contributed by atoms with Crippen LogP contribution in [0, 0.1) is 0 Å². The molecule has 10 heteroatoms. The summed E-state index contributed by atoms with van der Waals surface area (Å²) in [6.45, 7) is 2.74. The highest BCUT2D eigenvalue weighted by atomic mass is 32.2. The number of thiophene rings is 1. The summed E-state index contributed by atoms with van der Waals surface area (Å²) in [5.41, 5.74) is 0.872. The van der Waals surface area contributed by atoms with Gasteiger partial charge in [-0.05, 0) is 17.9 Å². The average molecular weight is 413 g/mol. The molecule has 132 valence electrons. The molecule has 3 aromatic heterocycles. The second-order valence-corrected chi connectivity index (χ2v) is 9.25. The maximum Gasteiger partial charge on any atom is 0.236 e. The van der Waals surface area contributed by atoms with Gasteiger partial charge in [0.2, 0.25) is 11.8 Å². The lowest BCUT2D eigenvalue weighted by atomic mass is 10.5. The Morgan fingerprint density at radius 2 is 2.16 bits per heavy atom. The summed E-state index contributed by atoms with van der Waals surface area (Å²) in [6, 6.07) is 3.96. The number of nitrogens with one attached hydrogen (secondary N) is 1. The van der Waals surface area contributed by atoms with E-state index in [1.807, 2.05) is 24.4 Å². The minimum absolute atomic E-state index is 0.0277. The zero-order valence-corrected chi connectivity index (χ0v) is 16.7. The predicted molar refractivity (Wildman–Crippen MR) is 103 cm³/mol. The molecule has 1 N–H and O–H groups in total. The quantitative estimate of drug-likeness (QED) is 0.528. The molecule has 0 saturated carbocycles. The number of oxazole rings is 1. The first-order valence-corrected chi connectivity index (χ1v) is 11.3. The molecule has 0 unspecified atom stereocenters. The van der Waals surface area contributed by atoms with Crippen molar-refractivity contribution < 1.29 is 9.21 Å². The van der Waals surface area contributed by atoms with Gasteiger partial charge in [-0.15, -0.1) is 21.5 Å². The molecular weight excluding hydrogens is 396 g/mol. The van der Waals surface area contributed by atoms with E-state index in [0.29, 0.717) is 23.9 Å². The standard InChI is InChI=1S/C15H16N4O2S4/c1-2-5-16-12(20)9-24-15-19-18-14(25-15)23-8-10-7-21-13(17-10)11-4-3-6-22-11/h3-4,6-7H,2,5,8-9H2,1H3,(H,16,20). The third-order valence-corrected chi connectivity index (χ3v) is 7.00. The van der Waals surface area contributed by atoms with E-state index in [9.17, 15) is 4.79 Å². The number of rotatable bonds is 9. The maximum absolute atomic E-state index is 11.6. The highest BCUT2D eigenvalue weighted by Gasteiger charge is 2.11. The van der Waals surface area contributed by atoms with Crippen LogP contribution >= 0.6 is 46.2 Å². The minimum atomic E-state index is 0.0277. The Hall–Kier alpha value is -1.36. The van der Waals surface area contributed by atoms with Crippen LogP contribution in [0.25, 0.3) is 10.8 Å². The SMILES string of the molecule is CCCNC(=O)CSc1nnc(SCc2coc(-c3cccs3)n2)s1. The van der Waals surface area contributed by atoms with Crippen LogP contribution in [-0.2, 0) is 10.5 Å². The Morgan fingerprint density at radius 3 is 2.92 bits per heavy atom. The number of nitrogens with zero attached hydrogens (tertiary/aromatic N) is 3. The number of hydrogen-bond donors (Lipinski definition) is 1. The summed E-state index contributed by atoms with van der Waals surface area (Å²) in [6.07, 6.45) is 2.61. The van der Waals surface area contributed by atoms with Crippen molar-refractivity contribution in [3.8, 4) is 10.8 Å². The van der Waals surface area contributed by atoms with E-state index < -0.39 is 0 Å². The van der Waals surface area contributed by atoms with Gasteiger partial charge in [0.05, 0.1) is 16.3 Å². The first-order valence-electron chi connectivity index (χ1n) is 7.58. The van der Waals surface area contributed by atoms with Crippen molar-refractivity contribution >= 4 is 52.1 Å². The van der Waals surface area contributed by atoms with Crippen LogP contribution in [0.3, 0.4) is 0 Å². The molecule has 0 fully saturated rings. The second kappa shape index (κ2) is 9.37. The Morgan fingerprint density at radius 1 is 1.32 bits per heavy atom. The maximum atomic E-state index is 11.6. The van der Waals surface area contributed by atoms with Crippen molar-refractivity contribution in [3.63, 3.8) is 0 Å². The van der Waals surface area contributed by atoms with E-state index in [4.69, 9.17) is 4.42 Å². The van der Waals surface area contributed by atoms with Gasteiger partial charge in [0.1, 0.15) is 6.26 Å². The number of amides is 1. The molecule has 0 spiro atoms. The van der Waals surface area contributed by atoms with Gasteiger partial charge >= 0.3 is 0 Å². The lowest BCUT2D eigenvalue weighted by molar-refractivity contribution is -0.118. The Balaban J connectivity index is 1.46. The van der Waals surface area contributed by atoms with E-state index >= 15 is 0 Å². The van der Waals surface area contributed by atoms with Gasteiger partial charge in [-0.1, -0.05) is 47.9 Å². The van der Waals surface area contributed by atoms with Gasteiger partial charge in [0, 0.05) is 12.3 Å². The molecule has 0 aliphatic carbocycles. The Bertz CT molecular complexity index is 800. The van der Waals surface area contributed by atoms with Gasteiger partial charge in [-0.3, -0.25) is 4.79 Å². The lowest BCUT2D eigenvalue weighted by Crippen LogP contribution is -2.25. The molecule has 0 bridgehead atoms. The summed E-state index contributed by atoms with van der Waals surface area (Å²) in [4.78, 5) is 17.1. The van der Waals surface area contributed by atoms with E-state index in [1.165, 1.54) is 23.1 Å². The molecule has 3 rings (SSSR count). The van der Waals surface area contributed by atoms with E-state index in [0.717, 1.165) is 25.7 Å². The molecule has 0 aliphatic heterocycles. The van der Waals surface area contributed by atoms with Crippen molar-refractivity contribution in [1.29, 1.82) is 0 Å². The smallest absolute Gasteiger partial charge is 0.236 e. The van der Waals surface area contributed by atoms with E-state index in [-0.39, 0.29) is 5.91 Å². The third-order valence-electron chi connectivity index (χ3n) is 2.91. The van der Waals surface area contributed by atoms with Gasteiger partial charge in [0.15, 0.2) is 8.68 Å². The highest BCUT2D eigenvalue weighted by molar-refractivity contribution is 8.03. The molecule has 0 saturated heterocycles. The molecule has 1 amide bonds. The van der Waals surface area contributed by atoms with Crippen LogP contribution in [0.5, 0.6) is 0 Å². The normalized spacial score (nSPS) is 10.9. The van der Waals surface area contributed by atoms with Crippen LogP contribution in [0.15, 0.2) is 36.9 Å². The van der Waals surface area contributed by atoms with Gasteiger partial charge in [-0.2, -0.15) is 0 Å². The topological polar surface area (TPSA) is 80.9 Å². The highest BCUT2D eigenvalue weighted by Crippen LogP contribution is 2.31. The molecule has 25 heavy (non-hydrogen) atoms. The summed E-state index contributed by atoms with van der Waals surface area (Å²) < 4.78 is 7.16. The fraction of sp³-hybridized carbons (Fsp3) is 0.333. The molecule has 6 nitrogen and oxygen atoms in total. The zero-order valence-electron chi connectivity index (χ0n) is 13.4. The number of hydrogen-bond acceptors (Lipinski definition) is 9. The fourth-order valence-corrected chi connectivity index (χ4v) is 5.16. The largest absolute Gasteiger partial charge is 0.444 e. The first-order chi connectivity index (χ1) is 12.2. The van der Waals surface area contributed by atoms with Gasteiger partial charge in [-0.25, -0.2) is 4.98 Å². The van der Waals surface area contributed by atoms with Crippen molar-refractivity contribution in [3.05, 3.63) is 29.5 Å². The van der Waals surface area contributed by atoms with E-state index in [1.54, 1.807) is 29.4 Å². The molecular formula is C15H16N4O2S4. The van der Waals surface area contributed by atoms with Crippen molar-refractivity contribution in [2.75, 3.05) is 12.3 Å². The van der Waals surface area contributed by atoms with Crippen LogP contribution in [0.1, 0.15) is 19.0 Å². The number of carbonyl (C=O) groups excluding carboxylic acids is 1. The summed E-state index contributed by atoms with van der Waals surface area (Å²) in [5, 5.41) is 13.1. The summed E-state index contributed by atoms with van der Waals surface area (Å²) >= 11 is 6.07. The Kier molecular flexibility index (Phi) is 6.91.